The number of hydrogen-bond acceptors (Lipinski definition) is 1. The summed E-state index contributed by atoms with van der Waals surface area (Å²) in [6.07, 6.45) is 19.5. The molecule has 0 N–H and O–H groups in total. The number of thiophene rings is 1. The first-order chi connectivity index (χ1) is 10.4. The summed E-state index contributed by atoms with van der Waals surface area (Å²) >= 11 is 2.07. The van der Waals surface area contributed by atoms with E-state index in [1.807, 2.05) is 0 Å². The molecule has 0 saturated carbocycles. The van der Waals surface area contributed by atoms with Crippen LogP contribution >= 0.6 is 11.3 Å². The van der Waals surface area contributed by atoms with Gasteiger partial charge in [0, 0.05) is 9.75 Å². The standard InChI is InChI=1S/C20H36S/c1-3-5-7-9-11-13-15-19-17-18-20(21-19)16-14-12-10-8-6-4-2/h17-18H,3-16H2,1-2H3. The lowest BCUT2D eigenvalue weighted by Crippen LogP contribution is -1.83. The summed E-state index contributed by atoms with van der Waals surface area (Å²) in [5.41, 5.74) is 0. The monoisotopic (exact) mass is 308 g/mol. The highest BCUT2D eigenvalue weighted by Gasteiger charge is 2.01. The molecular formula is C20H36S. The molecule has 0 aliphatic rings. The molecule has 122 valence electrons. The molecule has 1 aromatic heterocycles. The fraction of sp³-hybridized carbons (Fsp3) is 0.800. The highest BCUT2D eigenvalue weighted by atomic mass is 32.1. The van der Waals surface area contributed by atoms with E-state index in [0.29, 0.717) is 0 Å². The maximum absolute atomic E-state index is 2.38. The predicted octanol–water partition coefficient (Wildman–Crippen LogP) is 7.55. The van der Waals surface area contributed by atoms with Gasteiger partial charge in [-0.05, 0) is 37.8 Å². The van der Waals surface area contributed by atoms with Crippen molar-refractivity contribution in [2.45, 2.75) is 104 Å². The second-order valence-corrected chi connectivity index (χ2v) is 7.66. The molecule has 0 fully saturated rings. The molecule has 1 aromatic rings. The zero-order chi connectivity index (χ0) is 15.2. The Hall–Kier alpha value is -0.300. The van der Waals surface area contributed by atoms with E-state index >= 15 is 0 Å². The van der Waals surface area contributed by atoms with Gasteiger partial charge >= 0.3 is 0 Å². The fourth-order valence-electron chi connectivity index (χ4n) is 2.85. The molecule has 0 nitrogen and oxygen atoms in total. The molecule has 0 spiro atoms. The fourth-order valence-corrected chi connectivity index (χ4v) is 3.95. The van der Waals surface area contributed by atoms with E-state index in [0.717, 1.165) is 0 Å². The Morgan fingerprint density at radius 3 is 1.38 bits per heavy atom. The minimum Gasteiger partial charge on any atom is -0.145 e. The molecule has 0 aliphatic heterocycles. The molecule has 21 heavy (non-hydrogen) atoms. The average Bonchev–Trinajstić information content (AvgIpc) is 2.94. The van der Waals surface area contributed by atoms with Crippen molar-refractivity contribution < 1.29 is 0 Å². The Labute approximate surface area is 137 Å². The Morgan fingerprint density at radius 2 is 0.952 bits per heavy atom. The number of aryl methyl sites for hydroxylation is 2. The summed E-state index contributed by atoms with van der Waals surface area (Å²) in [6.45, 7) is 4.58. The lowest BCUT2D eigenvalue weighted by molar-refractivity contribution is 0.609. The van der Waals surface area contributed by atoms with Gasteiger partial charge in [-0.2, -0.15) is 0 Å². The maximum atomic E-state index is 2.38. The first-order valence-electron chi connectivity index (χ1n) is 9.44. The van der Waals surface area contributed by atoms with Gasteiger partial charge in [-0.15, -0.1) is 11.3 Å². The Morgan fingerprint density at radius 1 is 0.571 bits per heavy atom. The van der Waals surface area contributed by atoms with Crippen LogP contribution in [0.5, 0.6) is 0 Å². The highest BCUT2D eigenvalue weighted by molar-refractivity contribution is 7.11. The van der Waals surface area contributed by atoms with Crippen molar-refractivity contribution in [1.29, 1.82) is 0 Å². The SMILES string of the molecule is CCCCCCCCc1ccc(CCCCCCCC)s1. The van der Waals surface area contributed by atoms with Crippen LogP contribution in [0.2, 0.25) is 0 Å². The largest absolute Gasteiger partial charge is 0.145 e. The van der Waals surface area contributed by atoms with Crippen molar-refractivity contribution in [2.24, 2.45) is 0 Å². The van der Waals surface area contributed by atoms with Crippen molar-refractivity contribution >= 4 is 11.3 Å². The predicted molar refractivity (Wildman–Crippen MR) is 98.5 cm³/mol. The first kappa shape index (κ1) is 18.7. The number of rotatable bonds is 14. The quantitative estimate of drug-likeness (QED) is 0.311. The van der Waals surface area contributed by atoms with E-state index in [1.54, 1.807) is 9.75 Å². The topological polar surface area (TPSA) is 0 Å². The molecule has 0 aliphatic carbocycles. The van der Waals surface area contributed by atoms with Gasteiger partial charge in [0.1, 0.15) is 0 Å². The van der Waals surface area contributed by atoms with Crippen LogP contribution in [-0.4, -0.2) is 0 Å². The van der Waals surface area contributed by atoms with Crippen LogP contribution < -0.4 is 0 Å². The van der Waals surface area contributed by atoms with Gasteiger partial charge < -0.3 is 0 Å². The van der Waals surface area contributed by atoms with E-state index in [9.17, 15) is 0 Å². The van der Waals surface area contributed by atoms with Crippen molar-refractivity contribution in [3.05, 3.63) is 21.9 Å². The summed E-state index contributed by atoms with van der Waals surface area (Å²) in [6, 6.07) is 4.76. The van der Waals surface area contributed by atoms with E-state index in [2.05, 4.69) is 37.3 Å². The van der Waals surface area contributed by atoms with Crippen LogP contribution in [0.1, 0.15) is 101 Å². The van der Waals surface area contributed by atoms with E-state index < -0.39 is 0 Å². The second kappa shape index (κ2) is 13.4. The van der Waals surface area contributed by atoms with Gasteiger partial charge in [0.25, 0.3) is 0 Å². The van der Waals surface area contributed by atoms with Crippen molar-refractivity contribution in [1.82, 2.24) is 0 Å². The lowest BCUT2D eigenvalue weighted by Gasteiger charge is -2.00. The Kier molecular flexibility index (Phi) is 11.9. The van der Waals surface area contributed by atoms with Gasteiger partial charge in [0.15, 0.2) is 0 Å². The number of unbranched alkanes of at least 4 members (excludes halogenated alkanes) is 10. The third-order valence-electron chi connectivity index (χ3n) is 4.27. The van der Waals surface area contributed by atoms with Gasteiger partial charge in [0.05, 0.1) is 0 Å². The van der Waals surface area contributed by atoms with Crippen LogP contribution in [0.15, 0.2) is 12.1 Å². The third kappa shape index (κ3) is 10.1. The van der Waals surface area contributed by atoms with Gasteiger partial charge in [-0.3, -0.25) is 0 Å². The minimum absolute atomic E-state index is 1.31. The van der Waals surface area contributed by atoms with Gasteiger partial charge in [-0.25, -0.2) is 0 Å². The Bertz CT molecular complexity index is 296. The van der Waals surface area contributed by atoms with Crippen LogP contribution in [0.3, 0.4) is 0 Å². The van der Waals surface area contributed by atoms with E-state index in [4.69, 9.17) is 0 Å². The molecule has 0 aromatic carbocycles. The zero-order valence-corrected chi connectivity index (χ0v) is 15.3. The molecule has 0 unspecified atom stereocenters. The van der Waals surface area contributed by atoms with Crippen LogP contribution in [0.4, 0.5) is 0 Å². The normalized spacial score (nSPS) is 11.1. The second-order valence-electron chi connectivity index (χ2n) is 6.40. The highest BCUT2D eigenvalue weighted by Crippen LogP contribution is 2.21. The summed E-state index contributed by atoms with van der Waals surface area (Å²) in [7, 11) is 0. The summed E-state index contributed by atoms with van der Waals surface area (Å²) in [5, 5.41) is 0. The lowest BCUT2D eigenvalue weighted by atomic mass is 10.1. The average molecular weight is 309 g/mol. The van der Waals surface area contributed by atoms with Crippen molar-refractivity contribution in [2.75, 3.05) is 0 Å². The van der Waals surface area contributed by atoms with Crippen LogP contribution in [0, 0.1) is 0 Å². The van der Waals surface area contributed by atoms with Gasteiger partial charge in [-0.1, -0.05) is 78.1 Å². The number of hydrogen-bond donors (Lipinski definition) is 0. The molecule has 1 heterocycles. The zero-order valence-electron chi connectivity index (χ0n) is 14.5. The third-order valence-corrected chi connectivity index (χ3v) is 5.48. The minimum atomic E-state index is 1.31. The molecule has 0 bridgehead atoms. The molecule has 1 heteroatoms. The summed E-state index contributed by atoms with van der Waals surface area (Å²) in [5.74, 6) is 0. The molecule has 0 saturated heterocycles. The van der Waals surface area contributed by atoms with Crippen LogP contribution in [-0.2, 0) is 12.8 Å². The Balaban J connectivity index is 2.01. The smallest absolute Gasteiger partial charge is 0.00481 e. The molecular weight excluding hydrogens is 272 g/mol. The van der Waals surface area contributed by atoms with E-state index in [1.165, 1.54) is 89.9 Å². The van der Waals surface area contributed by atoms with Gasteiger partial charge in [0.2, 0.25) is 0 Å². The summed E-state index contributed by atoms with van der Waals surface area (Å²) < 4.78 is 0. The molecule has 1 rings (SSSR count). The molecule has 0 atom stereocenters. The van der Waals surface area contributed by atoms with Crippen LogP contribution in [0.25, 0.3) is 0 Å². The molecule has 0 amide bonds. The van der Waals surface area contributed by atoms with E-state index in [-0.39, 0.29) is 0 Å². The maximum Gasteiger partial charge on any atom is 0.00481 e. The van der Waals surface area contributed by atoms with Crippen molar-refractivity contribution in [3.63, 3.8) is 0 Å². The van der Waals surface area contributed by atoms with Crippen molar-refractivity contribution in [3.8, 4) is 0 Å². The molecule has 0 radical (unpaired) electrons. The first-order valence-corrected chi connectivity index (χ1v) is 10.3. The summed E-state index contributed by atoms with van der Waals surface area (Å²) in [4.78, 5) is 3.23.